The summed E-state index contributed by atoms with van der Waals surface area (Å²) in [5, 5.41) is 0. The van der Waals surface area contributed by atoms with Crippen LogP contribution >= 0.6 is 23.2 Å². The van der Waals surface area contributed by atoms with Gasteiger partial charge in [0.2, 0.25) is 0 Å². The molecule has 0 unspecified atom stereocenters. The zero-order valence-corrected chi connectivity index (χ0v) is 13.4. The number of benzene rings is 1. The largest absolute Gasteiger partial charge is 0.126 e. The van der Waals surface area contributed by atoms with Gasteiger partial charge in [-0.1, -0.05) is 52.0 Å². The molecule has 0 atom stereocenters. The Kier molecular flexibility index (Phi) is 5.55. The van der Waals surface area contributed by atoms with Crippen LogP contribution in [0.5, 0.6) is 0 Å². The Bertz CT molecular complexity index is 347. The summed E-state index contributed by atoms with van der Waals surface area (Å²) < 4.78 is 0. The van der Waals surface area contributed by atoms with Crippen LogP contribution < -0.4 is 0 Å². The first kappa shape index (κ1) is 15.9. The van der Waals surface area contributed by atoms with Crippen molar-refractivity contribution in [2.75, 3.05) is 11.8 Å². The minimum atomic E-state index is 0.0341. The zero-order chi connectivity index (χ0) is 13.8. The van der Waals surface area contributed by atoms with Crippen molar-refractivity contribution >= 4 is 23.2 Å². The minimum absolute atomic E-state index is 0.0341. The molecule has 2 heteroatoms. The minimum Gasteiger partial charge on any atom is -0.126 e. The molecule has 0 aliphatic carbocycles. The highest BCUT2D eigenvalue weighted by atomic mass is 35.5. The summed E-state index contributed by atoms with van der Waals surface area (Å²) in [7, 11) is 0. The Balaban J connectivity index is 2.86. The molecule has 0 aromatic heterocycles. The van der Waals surface area contributed by atoms with Crippen LogP contribution in [0.3, 0.4) is 0 Å². The van der Waals surface area contributed by atoms with Crippen LogP contribution in [0.4, 0.5) is 0 Å². The molecule has 0 amide bonds. The maximum Gasteiger partial charge on any atom is 0.0294 e. The number of hydrogen-bond donors (Lipinski definition) is 0. The standard InChI is InChI=1S/C16H24Cl2/c1-5-16(11-17,12-18)10-13-6-8-14(9-7-13)15(2,3)4/h6-9H,5,10-12H2,1-4H3. The number of halogens is 2. The molecule has 1 aromatic rings. The molecule has 0 N–H and O–H groups in total. The molecule has 0 saturated heterocycles. The molecule has 102 valence electrons. The van der Waals surface area contributed by atoms with E-state index in [1.54, 1.807) is 0 Å². The Morgan fingerprint density at radius 2 is 1.44 bits per heavy atom. The highest BCUT2D eigenvalue weighted by Crippen LogP contribution is 2.31. The average molecular weight is 287 g/mol. The van der Waals surface area contributed by atoms with Gasteiger partial charge in [-0.2, -0.15) is 0 Å². The van der Waals surface area contributed by atoms with Crippen LogP contribution in [-0.2, 0) is 11.8 Å². The third-order valence-corrected chi connectivity index (χ3v) is 4.85. The molecule has 1 rings (SSSR count). The molecule has 1 aromatic carbocycles. The van der Waals surface area contributed by atoms with E-state index in [0.29, 0.717) is 11.8 Å². The van der Waals surface area contributed by atoms with Crippen molar-refractivity contribution in [2.24, 2.45) is 5.41 Å². The van der Waals surface area contributed by atoms with Crippen molar-refractivity contribution in [3.63, 3.8) is 0 Å². The summed E-state index contributed by atoms with van der Waals surface area (Å²) in [6.45, 7) is 8.86. The fraction of sp³-hybridized carbons (Fsp3) is 0.625. The molecular weight excluding hydrogens is 263 g/mol. The molecule has 0 fully saturated rings. The molecule has 0 heterocycles. The fourth-order valence-corrected chi connectivity index (χ4v) is 2.85. The monoisotopic (exact) mass is 286 g/mol. The Hall–Kier alpha value is -0.200. The molecular formula is C16H24Cl2. The lowest BCUT2D eigenvalue weighted by molar-refractivity contribution is 0.362. The second-order valence-corrected chi connectivity index (χ2v) is 6.78. The van der Waals surface area contributed by atoms with Gasteiger partial charge in [0.1, 0.15) is 0 Å². The predicted molar refractivity (Wildman–Crippen MR) is 83.0 cm³/mol. The van der Waals surface area contributed by atoms with E-state index < -0.39 is 0 Å². The molecule has 0 aliphatic rings. The van der Waals surface area contributed by atoms with Crippen molar-refractivity contribution in [1.82, 2.24) is 0 Å². The van der Waals surface area contributed by atoms with Crippen LogP contribution in [0.25, 0.3) is 0 Å². The second-order valence-electron chi connectivity index (χ2n) is 6.24. The van der Waals surface area contributed by atoms with Gasteiger partial charge in [0.05, 0.1) is 0 Å². The molecule has 0 radical (unpaired) electrons. The molecule has 0 nitrogen and oxygen atoms in total. The van der Waals surface area contributed by atoms with Crippen molar-refractivity contribution in [3.8, 4) is 0 Å². The first-order valence-corrected chi connectivity index (χ1v) is 7.65. The third-order valence-electron chi connectivity index (χ3n) is 3.72. The lowest BCUT2D eigenvalue weighted by atomic mass is 9.81. The van der Waals surface area contributed by atoms with Crippen LogP contribution in [0.1, 0.15) is 45.2 Å². The fourth-order valence-electron chi connectivity index (χ4n) is 2.00. The van der Waals surface area contributed by atoms with Gasteiger partial charge in [-0.05, 0) is 29.4 Å². The van der Waals surface area contributed by atoms with E-state index in [1.165, 1.54) is 11.1 Å². The third kappa shape index (κ3) is 3.90. The van der Waals surface area contributed by atoms with Gasteiger partial charge in [-0.15, -0.1) is 23.2 Å². The van der Waals surface area contributed by atoms with Gasteiger partial charge in [0.25, 0.3) is 0 Å². The van der Waals surface area contributed by atoms with Gasteiger partial charge in [0, 0.05) is 17.2 Å². The lowest BCUT2D eigenvalue weighted by Gasteiger charge is -2.28. The molecule has 0 spiro atoms. The number of hydrogen-bond acceptors (Lipinski definition) is 0. The second kappa shape index (κ2) is 6.30. The van der Waals surface area contributed by atoms with E-state index in [-0.39, 0.29) is 10.8 Å². The van der Waals surface area contributed by atoms with E-state index in [1.807, 2.05) is 0 Å². The molecule has 0 aliphatic heterocycles. The summed E-state index contributed by atoms with van der Waals surface area (Å²) in [5.74, 6) is 1.24. The Morgan fingerprint density at radius 3 is 1.78 bits per heavy atom. The van der Waals surface area contributed by atoms with E-state index in [9.17, 15) is 0 Å². The van der Waals surface area contributed by atoms with Crippen molar-refractivity contribution in [3.05, 3.63) is 35.4 Å². The SMILES string of the molecule is CCC(CCl)(CCl)Cc1ccc(C(C)(C)C)cc1. The summed E-state index contributed by atoms with van der Waals surface area (Å²) >= 11 is 12.2. The summed E-state index contributed by atoms with van der Waals surface area (Å²) in [5.41, 5.74) is 2.93. The quantitative estimate of drug-likeness (QED) is 0.636. The zero-order valence-electron chi connectivity index (χ0n) is 11.9. The van der Waals surface area contributed by atoms with Gasteiger partial charge >= 0.3 is 0 Å². The first-order chi connectivity index (χ1) is 8.37. The maximum atomic E-state index is 6.09. The van der Waals surface area contributed by atoms with E-state index >= 15 is 0 Å². The summed E-state index contributed by atoms with van der Waals surface area (Å²) in [6, 6.07) is 8.87. The van der Waals surface area contributed by atoms with Crippen LogP contribution in [-0.4, -0.2) is 11.8 Å². The topological polar surface area (TPSA) is 0 Å². The molecule has 18 heavy (non-hydrogen) atoms. The summed E-state index contributed by atoms with van der Waals surface area (Å²) in [4.78, 5) is 0. The normalized spacial score (nSPS) is 12.8. The predicted octanol–water partition coefficient (Wildman–Crippen LogP) is 5.40. The number of alkyl halides is 2. The number of rotatable bonds is 5. The van der Waals surface area contributed by atoms with Crippen LogP contribution in [0.15, 0.2) is 24.3 Å². The molecule has 0 saturated carbocycles. The Labute approximate surface area is 122 Å². The van der Waals surface area contributed by atoms with E-state index in [4.69, 9.17) is 23.2 Å². The lowest BCUT2D eigenvalue weighted by Crippen LogP contribution is -2.27. The van der Waals surface area contributed by atoms with Crippen molar-refractivity contribution in [2.45, 2.75) is 46.0 Å². The smallest absolute Gasteiger partial charge is 0.0294 e. The van der Waals surface area contributed by atoms with Gasteiger partial charge in [-0.25, -0.2) is 0 Å². The van der Waals surface area contributed by atoms with Gasteiger partial charge in [-0.3, -0.25) is 0 Å². The van der Waals surface area contributed by atoms with Gasteiger partial charge < -0.3 is 0 Å². The van der Waals surface area contributed by atoms with Crippen molar-refractivity contribution < 1.29 is 0 Å². The highest BCUT2D eigenvalue weighted by Gasteiger charge is 2.26. The first-order valence-electron chi connectivity index (χ1n) is 6.58. The van der Waals surface area contributed by atoms with E-state index in [2.05, 4.69) is 52.0 Å². The Morgan fingerprint density at radius 1 is 0.944 bits per heavy atom. The average Bonchev–Trinajstić information content (AvgIpc) is 2.36. The van der Waals surface area contributed by atoms with E-state index in [0.717, 1.165) is 12.8 Å². The van der Waals surface area contributed by atoms with Crippen LogP contribution in [0, 0.1) is 5.41 Å². The highest BCUT2D eigenvalue weighted by molar-refractivity contribution is 6.21. The maximum absolute atomic E-state index is 6.09. The molecule has 0 bridgehead atoms. The van der Waals surface area contributed by atoms with Gasteiger partial charge in [0.15, 0.2) is 0 Å². The van der Waals surface area contributed by atoms with Crippen molar-refractivity contribution in [1.29, 1.82) is 0 Å². The van der Waals surface area contributed by atoms with Crippen LogP contribution in [0.2, 0.25) is 0 Å². The summed E-state index contributed by atoms with van der Waals surface area (Å²) in [6.07, 6.45) is 1.97.